The number of hydrogen-bond acceptors (Lipinski definition) is 3. The van der Waals surface area contributed by atoms with E-state index in [2.05, 4.69) is 10.6 Å². The number of urea groups is 1. The van der Waals surface area contributed by atoms with Crippen molar-refractivity contribution in [3.05, 3.63) is 70.5 Å². The number of amides is 4. The highest BCUT2D eigenvalue weighted by atomic mass is 19.1. The van der Waals surface area contributed by atoms with Crippen LogP contribution in [-0.2, 0) is 21.7 Å². The Morgan fingerprint density at radius 2 is 1.83 bits per heavy atom. The third kappa shape index (κ3) is 3.94. The Hall–Kier alpha value is -3.36. The number of benzene rings is 2. The summed E-state index contributed by atoms with van der Waals surface area (Å²) in [5.41, 5.74) is -1.01. The molecule has 2 aromatic rings. The van der Waals surface area contributed by atoms with Gasteiger partial charge in [0.05, 0.1) is 0 Å². The zero-order valence-electron chi connectivity index (χ0n) is 15.7. The average Bonchev–Trinajstić information content (AvgIpc) is 2.86. The number of rotatable bonds is 5. The van der Waals surface area contributed by atoms with Gasteiger partial charge < -0.3 is 10.6 Å². The van der Waals surface area contributed by atoms with E-state index in [0.717, 1.165) is 12.1 Å². The molecular weight excluding hydrogens is 387 g/mol. The molecule has 0 aliphatic carbocycles. The van der Waals surface area contributed by atoms with Crippen LogP contribution in [-0.4, -0.2) is 29.3 Å². The normalized spacial score (nSPS) is 18.7. The molecule has 2 N–H and O–H groups in total. The Labute approximate surface area is 164 Å². The molecule has 152 valence electrons. The second kappa shape index (κ2) is 7.57. The minimum absolute atomic E-state index is 0.00351. The van der Waals surface area contributed by atoms with Crippen molar-refractivity contribution in [3.8, 4) is 0 Å². The lowest BCUT2D eigenvalue weighted by Crippen LogP contribution is -2.43. The van der Waals surface area contributed by atoms with E-state index in [1.54, 1.807) is 19.1 Å². The molecule has 0 spiro atoms. The monoisotopic (exact) mass is 405 g/mol. The molecule has 0 radical (unpaired) electrons. The van der Waals surface area contributed by atoms with E-state index in [1.165, 1.54) is 13.0 Å². The van der Waals surface area contributed by atoms with Crippen molar-refractivity contribution in [1.29, 1.82) is 0 Å². The highest BCUT2D eigenvalue weighted by Crippen LogP contribution is 2.30. The van der Waals surface area contributed by atoms with E-state index < -0.39 is 47.4 Å². The van der Waals surface area contributed by atoms with Gasteiger partial charge in [0.25, 0.3) is 5.91 Å². The number of imide groups is 1. The van der Waals surface area contributed by atoms with Gasteiger partial charge in [-0.05, 0) is 37.1 Å². The molecule has 1 aliphatic rings. The zero-order chi connectivity index (χ0) is 21.3. The lowest BCUT2D eigenvalue weighted by Gasteiger charge is -2.22. The Morgan fingerprint density at radius 1 is 1.10 bits per heavy atom. The summed E-state index contributed by atoms with van der Waals surface area (Å²) in [6, 6.07) is 6.25. The standard InChI is InChI=1S/C20H18F3N3O3/c1-11-3-4-12(7-15(11)22)9-24-17(27)10-26-18(28)20(2,25-19(26)29)14-6-5-13(21)8-16(14)23/h3-8H,9-10H2,1-2H3,(H,24,27)(H,25,29). The van der Waals surface area contributed by atoms with Gasteiger partial charge in [0.1, 0.15) is 29.5 Å². The number of carbonyl (C=O) groups is 3. The molecular formula is C20H18F3N3O3. The molecule has 0 saturated carbocycles. The van der Waals surface area contributed by atoms with E-state index in [4.69, 9.17) is 0 Å². The molecule has 1 heterocycles. The minimum Gasteiger partial charge on any atom is -0.350 e. The van der Waals surface area contributed by atoms with Gasteiger partial charge in [-0.3, -0.25) is 14.5 Å². The van der Waals surface area contributed by atoms with Crippen LogP contribution in [0.25, 0.3) is 0 Å². The number of carbonyl (C=O) groups excluding carboxylic acids is 3. The van der Waals surface area contributed by atoms with Crippen LogP contribution >= 0.6 is 0 Å². The van der Waals surface area contributed by atoms with Gasteiger partial charge in [0, 0.05) is 18.2 Å². The topological polar surface area (TPSA) is 78.5 Å². The summed E-state index contributed by atoms with van der Waals surface area (Å²) in [7, 11) is 0. The van der Waals surface area contributed by atoms with Crippen LogP contribution in [0.3, 0.4) is 0 Å². The molecule has 6 nitrogen and oxygen atoms in total. The van der Waals surface area contributed by atoms with E-state index in [-0.39, 0.29) is 12.1 Å². The van der Waals surface area contributed by atoms with Crippen molar-refractivity contribution < 1.29 is 27.6 Å². The number of nitrogens with one attached hydrogen (secondary N) is 2. The van der Waals surface area contributed by atoms with Gasteiger partial charge in [0.2, 0.25) is 5.91 Å². The molecule has 1 atom stereocenters. The van der Waals surface area contributed by atoms with Gasteiger partial charge in [-0.25, -0.2) is 18.0 Å². The zero-order valence-corrected chi connectivity index (χ0v) is 15.7. The molecule has 4 amide bonds. The van der Waals surface area contributed by atoms with Crippen LogP contribution in [0.15, 0.2) is 36.4 Å². The van der Waals surface area contributed by atoms with E-state index in [0.29, 0.717) is 22.1 Å². The van der Waals surface area contributed by atoms with Crippen LogP contribution in [0.5, 0.6) is 0 Å². The molecule has 29 heavy (non-hydrogen) atoms. The first-order valence-electron chi connectivity index (χ1n) is 8.73. The minimum atomic E-state index is -1.77. The third-order valence-corrected chi connectivity index (χ3v) is 4.77. The van der Waals surface area contributed by atoms with Crippen molar-refractivity contribution in [1.82, 2.24) is 15.5 Å². The third-order valence-electron chi connectivity index (χ3n) is 4.77. The Bertz CT molecular complexity index is 1010. The summed E-state index contributed by atoms with van der Waals surface area (Å²) in [5, 5.41) is 4.84. The molecule has 0 aromatic heterocycles. The molecule has 0 bridgehead atoms. The Balaban J connectivity index is 1.69. The number of nitrogens with zero attached hydrogens (tertiary/aromatic N) is 1. The van der Waals surface area contributed by atoms with Gasteiger partial charge in [0.15, 0.2) is 0 Å². The van der Waals surface area contributed by atoms with Crippen LogP contribution in [0.2, 0.25) is 0 Å². The van der Waals surface area contributed by atoms with E-state index in [9.17, 15) is 27.6 Å². The van der Waals surface area contributed by atoms with Gasteiger partial charge >= 0.3 is 6.03 Å². The Kier molecular flexibility index (Phi) is 5.32. The predicted octanol–water partition coefficient (Wildman–Crippen LogP) is 2.50. The van der Waals surface area contributed by atoms with Gasteiger partial charge in [-0.15, -0.1) is 0 Å². The molecule has 2 aromatic carbocycles. The largest absolute Gasteiger partial charge is 0.350 e. The molecule has 1 aliphatic heterocycles. The van der Waals surface area contributed by atoms with Crippen LogP contribution in [0.1, 0.15) is 23.6 Å². The maximum absolute atomic E-state index is 14.1. The highest BCUT2D eigenvalue weighted by Gasteiger charge is 2.50. The first kappa shape index (κ1) is 20.4. The number of halogens is 3. The van der Waals surface area contributed by atoms with Gasteiger partial charge in [-0.1, -0.05) is 18.2 Å². The van der Waals surface area contributed by atoms with Crippen molar-refractivity contribution in [2.45, 2.75) is 25.9 Å². The number of hydrogen-bond donors (Lipinski definition) is 2. The first-order valence-corrected chi connectivity index (χ1v) is 8.73. The lowest BCUT2D eigenvalue weighted by molar-refractivity contribution is -0.134. The second-order valence-electron chi connectivity index (χ2n) is 6.93. The fourth-order valence-electron chi connectivity index (χ4n) is 3.06. The van der Waals surface area contributed by atoms with E-state index in [1.807, 2.05) is 0 Å². The predicted molar refractivity (Wildman–Crippen MR) is 96.9 cm³/mol. The molecule has 1 saturated heterocycles. The van der Waals surface area contributed by atoms with Gasteiger partial charge in [-0.2, -0.15) is 0 Å². The van der Waals surface area contributed by atoms with Crippen molar-refractivity contribution in [2.75, 3.05) is 6.54 Å². The smallest absolute Gasteiger partial charge is 0.325 e. The van der Waals surface area contributed by atoms with Crippen molar-refractivity contribution in [3.63, 3.8) is 0 Å². The maximum Gasteiger partial charge on any atom is 0.325 e. The fraction of sp³-hybridized carbons (Fsp3) is 0.250. The van der Waals surface area contributed by atoms with Crippen LogP contribution < -0.4 is 10.6 Å². The summed E-state index contributed by atoms with van der Waals surface area (Å²) < 4.78 is 40.9. The first-order chi connectivity index (χ1) is 13.6. The maximum atomic E-state index is 14.1. The summed E-state index contributed by atoms with van der Waals surface area (Å²) in [6.07, 6.45) is 0. The highest BCUT2D eigenvalue weighted by molar-refractivity contribution is 6.09. The van der Waals surface area contributed by atoms with E-state index >= 15 is 0 Å². The fourth-order valence-corrected chi connectivity index (χ4v) is 3.06. The van der Waals surface area contributed by atoms with Crippen molar-refractivity contribution >= 4 is 17.8 Å². The SMILES string of the molecule is Cc1ccc(CNC(=O)CN2C(=O)NC(C)(c3ccc(F)cc3F)C2=O)cc1F. The quantitative estimate of drug-likeness (QED) is 0.751. The molecule has 9 heteroatoms. The number of aryl methyl sites for hydroxylation is 1. The summed E-state index contributed by atoms with van der Waals surface area (Å²) >= 11 is 0. The van der Waals surface area contributed by atoms with Crippen molar-refractivity contribution in [2.24, 2.45) is 0 Å². The lowest BCUT2D eigenvalue weighted by atomic mass is 9.91. The summed E-state index contributed by atoms with van der Waals surface area (Å²) in [5.74, 6) is -3.73. The van der Waals surface area contributed by atoms with Crippen LogP contribution in [0, 0.1) is 24.4 Å². The average molecular weight is 405 g/mol. The van der Waals surface area contributed by atoms with Crippen LogP contribution in [0.4, 0.5) is 18.0 Å². The molecule has 1 fully saturated rings. The summed E-state index contributed by atoms with van der Waals surface area (Å²) in [6.45, 7) is 2.29. The molecule has 3 rings (SSSR count). The Morgan fingerprint density at radius 3 is 2.48 bits per heavy atom. The summed E-state index contributed by atoms with van der Waals surface area (Å²) in [4.78, 5) is 37.8. The second-order valence-corrected chi connectivity index (χ2v) is 6.93. The molecule has 1 unspecified atom stereocenters.